The molecule has 0 aromatic heterocycles. The zero-order chi connectivity index (χ0) is 11.3. The molecule has 0 saturated heterocycles. The van der Waals surface area contributed by atoms with Gasteiger partial charge in [-0.15, -0.1) is 0 Å². The lowest BCUT2D eigenvalue weighted by atomic mass is 10.3. The van der Waals surface area contributed by atoms with Crippen molar-refractivity contribution in [3.8, 4) is 0 Å². The van der Waals surface area contributed by atoms with Crippen LogP contribution in [0.4, 0.5) is 0 Å². The highest BCUT2D eigenvalue weighted by Crippen LogP contribution is 2.27. The third-order valence-electron chi connectivity index (χ3n) is 2.30. The fraction of sp³-hybridized carbons (Fsp3) is 0.200. The summed E-state index contributed by atoms with van der Waals surface area (Å²) in [6, 6.07) is 0. The highest BCUT2D eigenvalue weighted by atomic mass is 79.9. The number of aliphatic imine (C=N–C) groups is 4. The molecule has 0 N–H and O–H groups in total. The van der Waals surface area contributed by atoms with Crippen molar-refractivity contribution in [2.75, 3.05) is 0 Å². The highest BCUT2D eigenvalue weighted by molar-refractivity contribution is 9.12. The van der Waals surface area contributed by atoms with E-state index >= 15 is 0 Å². The highest BCUT2D eigenvalue weighted by Gasteiger charge is 2.31. The van der Waals surface area contributed by atoms with E-state index in [0.29, 0.717) is 17.6 Å². The van der Waals surface area contributed by atoms with Crippen LogP contribution in [0.15, 0.2) is 42.4 Å². The Balaban J connectivity index is 2.26. The molecule has 0 amide bonds. The van der Waals surface area contributed by atoms with Gasteiger partial charge in [-0.1, -0.05) is 0 Å². The standard InChI is InChI=1S/C10H8BrN5/c1-5-12-8-4-3-7(11)9-13-6(2)15-10(14-5)16(8)9/h3-4H,1-2H3. The minimum absolute atomic E-state index is 0.631. The minimum Gasteiger partial charge on any atom is -0.245 e. The van der Waals surface area contributed by atoms with E-state index in [4.69, 9.17) is 0 Å². The van der Waals surface area contributed by atoms with Gasteiger partial charge in [0, 0.05) is 0 Å². The van der Waals surface area contributed by atoms with Crippen molar-refractivity contribution in [1.82, 2.24) is 4.90 Å². The molecule has 3 heterocycles. The molecule has 0 spiro atoms. The molecule has 3 rings (SSSR count). The summed E-state index contributed by atoms with van der Waals surface area (Å²) in [5.41, 5.74) is 0. The van der Waals surface area contributed by atoms with Crippen LogP contribution in [0, 0.1) is 0 Å². The maximum Gasteiger partial charge on any atom is 0.240 e. The smallest absolute Gasteiger partial charge is 0.240 e. The van der Waals surface area contributed by atoms with E-state index in [9.17, 15) is 0 Å². The molecule has 0 fully saturated rings. The quantitative estimate of drug-likeness (QED) is 0.669. The summed E-state index contributed by atoms with van der Waals surface area (Å²) in [6.07, 6.45) is 3.85. The first-order valence-electron chi connectivity index (χ1n) is 4.81. The summed E-state index contributed by atoms with van der Waals surface area (Å²) in [4.78, 5) is 19.2. The molecule has 0 bridgehead atoms. The Bertz CT molecular complexity index is 562. The molecule has 5 nitrogen and oxygen atoms in total. The van der Waals surface area contributed by atoms with Crippen molar-refractivity contribution in [2.24, 2.45) is 20.0 Å². The number of amidine groups is 3. The van der Waals surface area contributed by atoms with Crippen LogP contribution in [0.25, 0.3) is 0 Å². The molecule has 6 heteroatoms. The lowest BCUT2D eigenvalue weighted by Crippen LogP contribution is -2.42. The van der Waals surface area contributed by atoms with E-state index in [0.717, 1.165) is 16.1 Å². The maximum absolute atomic E-state index is 4.38. The molecule has 0 saturated carbocycles. The molecule has 0 radical (unpaired) electrons. The molecule has 3 aliphatic heterocycles. The Morgan fingerprint density at radius 1 is 1.00 bits per heavy atom. The molecule has 0 atom stereocenters. The van der Waals surface area contributed by atoms with Crippen LogP contribution >= 0.6 is 15.9 Å². The van der Waals surface area contributed by atoms with E-state index in [1.807, 2.05) is 30.9 Å². The molecule has 3 aliphatic rings. The van der Waals surface area contributed by atoms with Crippen LogP contribution in [0.1, 0.15) is 13.8 Å². The Hall–Kier alpha value is -1.56. The van der Waals surface area contributed by atoms with Crippen molar-refractivity contribution in [3.05, 3.63) is 22.5 Å². The van der Waals surface area contributed by atoms with Gasteiger partial charge in [0.1, 0.15) is 17.5 Å². The predicted octanol–water partition coefficient (Wildman–Crippen LogP) is 2.04. The first kappa shape index (κ1) is 9.65. The van der Waals surface area contributed by atoms with Crippen LogP contribution in [-0.2, 0) is 0 Å². The lowest BCUT2D eigenvalue weighted by Gasteiger charge is -2.31. The third kappa shape index (κ3) is 1.30. The van der Waals surface area contributed by atoms with Gasteiger partial charge in [-0.05, 0) is 41.9 Å². The number of rotatable bonds is 0. The van der Waals surface area contributed by atoms with E-state index in [2.05, 4.69) is 35.9 Å². The maximum atomic E-state index is 4.38. The SMILES string of the molecule is CC1=NC2=CC=C(Br)C3=NC(C)=NC(=N1)N23. The van der Waals surface area contributed by atoms with Crippen LogP contribution in [0.3, 0.4) is 0 Å². The van der Waals surface area contributed by atoms with Crippen molar-refractivity contribution in [2.45, 2.75) is 13.8 Å². The number of guanidine groups is 1. The molecular weight excluding hydrogens is 270 g/mol. The van der Waals surface area contributed by atoms with Gasteiger partial charge in [0.25, 0.3) is 0 Å². The average molecular weight is 278 g/mol. The first-order valence-corrected chi connectivity index (χ1v) is 5.60. The topological polar surface area (TPSA) is 52.7 Å². The predicted molar refractivity (Wildman–Crippen MR) is 68.0 cm³/mol. The van der Waals surface area contributed by atoms with Crippen LogP contribution in [-0.4, -0.2) is 28.4 Å². The number of hydrogen-bond donors (Lipinski definition) is 0. The van der Waals surface area contributed by atoms with Gasteiger partial charge >= 0.3 is 0 Å². The second-order valence-corrected chi connectivity index (χ2v) is 4.39. The van der Waals surface area contributed by atoms with Gasteiger partial charge in [0.15, 0.2) is 5.84 Å². The Labute approximate surface area is 101 Å². The van der Waals surface area contributed by atoms with Crippen LogP contribution in [0.2, 0.25) is 0 Å². The van der Waals surface area contributed by atoms with Crippen molar-refractivity contribution >= 4 is 39.4 Å². The van der Waals surface area contributed by atoms with Crippen molar-refractivity contribution < 1.29 is 0 Å². The Morgan fingerprint density at radius 2 is 1.75 bits per heavy atom. The summed E-state index contributed by atoms with van der Waals surface area (Å²) in [6.45, 7) is 3.71. The normalized spacial score (nSPS) is 22.3. The number of halogens is 1. The van der Waals surface area contributed by atoms with Gasteiger partial charge in [0.2, 0.25) is 5.96 Å². The van der Waals surface area contributed by atoms with Crippen LogP contribution in [0.5, 0.6) is 0 Å². The minimum atomic E-state index is 0.631. The van der Waals surface area contributed by atoms with Gasteiger partial charge < -0.3 is 0 Å². The Kier molecular flexibility index (Phi) is 1.94. The van der Waals surface area contributed by atoms with Crippen molar-refractivity contribution in [1.29, 1.82) is 0 Å². The molecule has 0 aliphatic carbocycles. The second-order valence-electron chi connectivity index (χ2n) is 3.54. The first-order chi connectivity index (χ1) is 7.65. The largest absolute Gasteiger partial charge is 0.245 e. The summed E-state index contributed by atoms with van der Waals surface area (Å²) < 4.78 is 0.910. The zero-order valence-corrected chi connectivity index (χ0v) is 10.4. The van der Waals surface area contributed by atoms with E-state index in [1.54, 1.807) is 0 Å². The molecule has 0 unspecified atom stereocenters. The monoisotopic (exact) mass is 277 g/mol. The molecule has 0 aromatic rings. The summed E-state index contributed by atoms with van der Waals surface area (Å²) in [5.74, 6) is 3.64. The second kappa shape index (κ2) is 3.21. The average Bonchev–Trinajstić information content (AvgIpc) is 2.22. The van der Waals surface area contributed by atoms with Gasteiger partial charge in [0.05, 0.1) is 4.48 Å². The summed E-state index contributed by atoms with van der Waals surface area (Å²) in [5, 5.41) is 0. The molecule has 80 valence electrons. The molecule has 16 heavy (non-hydrogen) atoms. The molecule has 0 aromatic carbocycles. The number of allylic oxidation sites excluding steroid dienone is 2. The van der Waals surface area contributed by atoms with E-state index in [-0.39, 0.29) is 0 Å². The third-order valence-corrected chi connectivity index (χ3v) is 2.92. The fourth-order valence-corrected chi connectivity index (χ4v) is 2.08. The van der Waals surface area contributed by atoms with E-state index < -0.39 is 0 Å². The van der Waals surface area contributed by atoms with Crippen molar-refractivity contribution in [3.63, 3.8) is 0 Å². The van der Waals surface area contributed by atoms with Gasteiger partial charge in [-0.2, -0.15) is 9.98 Å². The zero-order valence-electron chi connectivity index (χ0n) is 8.77. The lowest BCUT2D eigenvalue weighted by molar-refractivity contribution is 0.708. The van der Waals surface area contributed by atoms with Gasteiger partial charge in [-0.25, -0.2) is 14.9 Å². The summed E-state index contributed by atoms with van der Waals surface area (Å²) in [7, 11) is 0. The number of nitrogens with zero attached hydrogens (tertiary/aromatic N) is 5. The Morgan fingerprint density at radius 3 is 2.56 bits per heavy atom. The summed E-state index contributed by atoms with van der Waals surface area (Å²) >= 11 is 3.47. The van der Waals surface area contributed by atoms with Crippen LogP contribution < -0.4 is 0 Å². The number of hydrogen-bond acceptors (Lipinski definition) is 5. The molecular formula is C10H8BrN5. The fourth-order valence-electron chi connectivity index (χ4n) is 1.68. The van der Waals surface area contributed by atoms with Gasteiger partial charge in [-0.3, -0.25) is 0 Å². The van der Waals surface area contributed by atoms with E-state index in [1.165, 1.54) is 0 Å².